The monoisotopic (exact) mass is 425 g/mol. The molecule has 2 aromatic carbocycles. The molecule has 8 heteroatoms. The Hall–Kier alpha value is -3.26. The number of piperazine rings is 1. The standard InChI is InChI=1S/C22H20FN3O3S/c23-18-7-9-19(10-8-18)25-12-14-26(15-13-25)22(27)17-6-11-21(24-16-17)30(28,29)20-4-2-1-3-5-20/h1-11,16H,12-15H2. The van der Waals surface area contributed by atoms with E-state index in [0.29, 0.717) is 31.7 Å². The number of anilines is 1. The van der Waals surface area contributed by atoms with E-state index >= 15 is 0 Å². The smallest absolute Gasteiger partial charge is 0.255 e. The number of aromatic nitrogens is 1. The van der Waals surface area contributed by atoms with Crippen molar-refractivity contribution < 1.29 is 17.6 Å². The van der Waals surface area contributed by atoms with E-state index in [4.69, 9.17) is 0 Å². The molecule has 2 heterocycles. The molecule has 0 bridgehead atoms. The summed E-state index contributed by atoms with van der Waals surface area (Å²) in [5.74, 6) is -0.470. The molecule has 0 atom stereocenters. The number of carbonyl (C=O) groups excluding carboxylic acids is 1. The van der Waals surface area contributed by atoms with Crippen LogP contribution >= 0.6 is 0 Å². The maximum atomic E-state index is 13.1. The second-order valence-corrected chi connectivity index (χ2v) is 8.85. The van der Waals surface area contributed by atoms with Crippen molar-refractivity contribution in [2.75, 3.05) is 31.1 Å². The minimum Gasteiger partial charge on any atom is -0.368 e. The highest BCUT2D eigenvalue weighted by molar-refractivity contribution is 7.91. The van der Waals surface area contributed by atoms with Gasteiger partial charge in [-0.1, -0.05) is 18.2 Å². The summed E-state index contributed by atoms with van der Waals surface area (Å²) in [6.07, 6.45) is 1.31. The number of amides is 1. The van der Waals surface area contributed by atoms with E-state index in [-0.39, 0.29) is 21.6 Å². The molecular formula is C22H20FN3O3S. The van der Waals surface area contributed by atoms with Crippen molar-refractivity contribution in [3.05, 3.63) is 84.3 Å². The van der Waals surface area contributed by atoms with Gasteiger partial charge in [-0.05, 0) is 48.5 Å². The van der Waals surface area contributed by atoms with Gasteiger partial charge in [0, 0.05) is 38.1 Å². The van der Waals surface area contributed by atoms with Gasteiger partial charge >= 0.3 is 0 Å². The van der Waals surface area contributed by atoms with Gasteiger partial charge < -0.3 is 9.80 Å². The number of hydrogen-bond acceptors (Lipinski definition) is 5. The second-order valence-electron chi connectivity index (χ2n) is 6.96. The van der Waals surface area contributed by atoms with Crippen LogP contribution in [0.3, 0.4) is 0 Å². The third-order valence-electron chi connectivity index (χ3n) is 5.07. The largest absolute Gasteiger partial charge is 0.368 e. The molecule has 6 nitrogen and oxygen atoms in total. The Balaban J connectivity index is 1.43. The SMILES string of the molecule is O=C(c1ccc(S(=O)(=O)c2ccccc2)nc1)N1CCN(c2ccc(F)cc2)CC1. The van der Waals surface area contributed by atoms with E-state index in [2.05, 4.69) is 9.88 Å². The first-order chi connectivity index (χ1) is 14.4. The number of carbonyl (C=O) groups is 1. The molecule has 30 heavy (non-hydrogen) atoms. The average molecular weight is 425 g/mol. The van der Waals surface area contributed by atoms with Crippen molar-refractivity contribution in [1.82, 2.24) is 9.88 Å². The minimum absolute atomic E-state index is 0.0913. The molecule has 1 amide bonds. The van der Waals surface area contributed by atoms with E-state index in [9.17, 15) is 17.6 Å². The molecule has 1 aromatic heterocycles. The lowest BCUT2D eigenvalue weighted by atomic mass is 10.2. The van der Waals surface area contributed by atoms with Crippen LogP contribution in [0.2, 0.25) is 0 Å². The van der Waals surface area contributed by atoms with Crippen LogP contribution < -0.4 is 4.90 Å². The van der Waals surface area contributed by atoms with Crippen molar-refractivity contribution in [3.8, 4) is 0 Å². The summed E-state index contributed by atoms with van der Waals surface area (Å²) >= 11 is 0. The van der Waals surface area contributed by atoms with Crippen molar-refractivity contribution in [2.45, 2.75) is 9.92 Å². The molecule has 1 fully saturated rings. The number of pyridine rings is 1. The van der Waals surface area contributed by atoms with Crippen molar-refractivity contribution in [3.63, 3.8) is 0 Å². The maximum absolute atomic E-state index is 13.1. The minimum atomic E-state index is -3.72. The molecule has 0 unspecified atom stereocenters. The lowest BCUT2D eigenvalue weighted by molar-refractivity contribution is 0.0746. The molecule has 3 aromatic rings. The van der Waals surface area contributed by atoms with Crippen LogP contribution in [-0.4, -0.2) is 50.4 Å². The second kappa shape index (κ2) is 8.23. The molecule has 0 spiro atoms. The summed E-state index contributed by atoms with van der Waals surface area (Å²) in [5, 5.41) is -0.0913. The zero-order valence-corrected chi connectivity index (χ0v) is 16.9. The molecule has 0 N–H and O–H groups in total. The van der Waals surface area contributed by atoms with Crippen LogP contribution in [0.15, 0.2) is 82.8 Å². The Kier molecular flexibility index (Phi) is 5.50. The summed E-state index contributed by atoms with van der Waals surface area (Å²) in [5.41, 5.74) is 1.26. The summed E-state index contributed by atoms with van der Waals surface area (Å²) < 4.78 is 38.3. The number of sulfone groups is 1. The Labute approximate surface area is 174 Å². The highest BCUT2D eigenvalue weighted by atomic mass is 32.2. The maximum Gasteiger partial charge on any atom is 0.255 e. The van der Waals surface area contributed by atoms with E-state index in [0.717, 1.165) is 5.69 Å². The molecule has 0 saturated carbocycles. The number of halogens is 1. The zero-order valence-electron chi connectivity index (χ0n) is 16.1. The lowest BCUT2D eigenvalue weighted by Gasteiger charge is -2.36. The number of hydrogen-bond donors (Lipinski definition) is 0. The zero-order chi connectivity index (χ0) is 21.1. The molecular weight excluding hydrogens is 405 g/mol. The third-order valence-corrected chi connectivity index (χ3v) is 6.76. The van der Waals surface area contributed by atoms with E-state index in [1.54, 1.807) is 35.2 Å². The molecule has 1 aliphatic heterocycles. The summed E-state index contributed by atoms with van der Waals surface area (Å²) in [6, 6.07) is 17.2. The highest BCUT2D eigenvalue weighted by Crippen LogP contribution is 2.20. The summed E-state index contributed by atoms with van der Waals surface area (Å²) in [4.78, 5) is 20.8. The first kappa shape index (κ1) is 20.0. The number of benzene rings is 2. The topological polar surface area (TPSA) is 70.6 Å². The first-order valence-corrected chi connectivity index (χ1v) is 11.0. The Morgan fingerprint density at radius 2 is 1.53 bits per heavy atom. The fourth-order valence-electron chi connectivity index (χ4n) is 3.39. The van der Waals surface area contributed by atoms with Gasteiger partial charge in [0.25, 0.3) is 5.91 Å². The summed E-state index contributed by atoms with van der Waals surface area (Å²) in [6.45, 7) is 2.29. The van der Waals surface area contributed by atoms with E-state index in [1.165, 1.54) is 42.6 Å². The first-order valence-electron chi connectivity index (χ1n) is 9.51. The molecule has 0 radical (unpaired) electrons. The van der Waals surface area contributed by atoms with E-state index in [1.807, 2.05) is 0 Å². The van der Waals surface area contributed by atoms with Crippen molar-refractivity contribution in [2.24, 2.45) is 0 Å². The van der Waals surface area contributed by atoms with Crippen LogP contribution in [0.25, 0.3) is 0 Å². The molecule has 1 saturated heterocycles. The van der Waals surface area contributed by atoms with Crippen LogP contribution in [-0.2, 0) is 9.84 Å². The van der Waals surface area contributed by atoms with Crippen LogP contribution in [0.5, 0.6) is 0 Å². The molecule has 1 aliphatic rings. The van der Waals surface area contributed by atoms with Gasteiger partial charge in [0.05, 0.1) is 10.5 Å². The summed E-state index contributed by atoms with van der Waals surface area (Å²) in [7, 11) is -3.72. The van der Waals surface area contributed by atoms with Gasteiger partial charge in [-0.15, -0.1) is 0 Å². The highest BCUT2D eigenvalue weighted by Gasteiger charge is 2.24. The van der Waals surface area contributed by atoms with Gasteiger partial charge in [-0.25, -0.2) is 17.8 Å². The Morgan fingerprint density at radius 1 is 0.867 bits per heavy atom. The lowest BCUT2D eigenvalue weighted by Crippen LogP contribution is -2.48. The van der Waals surface area contributed by atoms with Gasteiger partial charge in [-0.3, -0.25) is 4.79 Å². The number of rotatable bonds is 4. The average Bonchev–Trinajstić information content (AvgIpc) is 2.80. The van der Waals surface area contributed by atoms with Crippen LogP contribution in [0, 0.1) is 5.82 Å². The molecule has 154 valence electrons. The fraction of sp³-hybridized carbons (Fsp3) is 0.182. The Bertz CT molecular complexity index is 1130. The number of nitrogens with zero attached hydrogens (tertiary/aromatic N) is 3. The predicted molar refractivity (Wildman–Crippen MR) is 111 cm³/mol. The Morgan fingerprint density at radius 3 is 2.13 bits per heavy atom. The van der Waals surface area contributed by atoms with Gasteiger partial charge in [0.15, 0.2) is 5.03 Å². The molecule has 0 aliphatic carbocycles. The third kappa shape index (κ3) is 4.04. The van der Waals surface area contributed by atoms with Gasteiger partial charge in [0.1, 0.15) is 5.82 Å². The predicted octanol–water partition coefficient (Wildman–Crippen LogP) is 3.02. The normalized spacial score (nSPS) is 14.6. The van der Waals surface area contributed by atoms with Gasteiger partial charge in [-0.2, -0.15) is 0 Å². The van der Waals surface area contributed by atoms with Gasteiger partial charge in [0.2, 0.25) is 9.84 Å². The molecule has 4 rings (SSSR count). The van der Waals surface area contributed by atoms with Crippen LogP contribution in [0.1, 0.15) is 10.4 Å². The van der Waals surface area contributed by atoms with Crippen molar-refractivity contribution in [1.29, 1.82) is 0 Å². The van der Waals surface area contributed by atoms with Crippen molar-refractivity contribution >= 4 is 21.4 Å². The quantitative estimate of drug-likeness (QED) is 0.643. The van der Waals surface area contributed by atoms with E-state index < -0.39 is 9.84 Å². The van der Waals surface area contributed by atoms with Crippen LogP contribution in [0.4, 0.5) is 10.1 Å². The fourth-order valence-corrected chi connectivity index (χ4v) is 4.58.